The summed E-state index contributed by atoms with van der Waals surface area (Å²) in [7, 11) is 0. The number of nitrogens with zero attached hydrogens (tertiary/aromatic N) is 1. The fourth-order valence-corrected chi connectivity index (χ4v) is 3.12. The Labute approximate surface area is 108 Å². The lowest BCUT2D eigenvalue weighted by Gasteiger charge is -2.22. The van der Waals surface area contributed by atoms with Crippen LogP contribution in [0.4, 0.5) is 4.79 Å². The monoisotopic (exact) mass is 254 g/mol. The standard InChI is InChI=1S/C13H22N2O3/c16-12(17)6-3-7-14-13(18)15-8-10-4-1-2-5-11(10)9-15/h10-11H,1-9H2,(H,14,18)(H,16,17)/t10-,11+. The molecule has 0 aromatic heterocycles. The van der Waals surface area contributed by atoms with Crippen LogP contribution < -0.4 is 5.32 Å². The molecule has 0 aromatic rings. The van der Waals surface area contributed by atoms with Crippen molar-refractivity contribution in [2.75, 3.05) is 19.6 Å². The molecule has 5 nitrogen and oxygen atoms in total. The van der Waals surface area contributed by atoms with E-state index < -0.39 is 5.97 Å². The highest BCUT2D eigenvalue weighted by molar-refractivity contribution is 5.74. The molecule has 2 rings (SSSR count). The van der Waals surface area contributed by atoms with Crippen molar-refractivity contribution in [1.29, 1.82) is 0 Å². The van der Waals surface area contributed by atoms with Gasteiger partial charge < -0.3 is 15.3 Å². The van der Waals surface area contributed by atoms with E-state index in [1.165, 1.54) is 25.7 Å². The van der Waals surface area contributed by atoms with Crippen LogP contribution in [-0.2, 0) is 4.79 Å². The molecule has 0 radical (unpaired) electrons. The van der Waals surface area contributed by atoms with Gasteiger partial charge >= 0.3 is 12.0 Å². The Kier molecular flexibility index (Phi) is 4.44. The predicted octanol–water partition coefficient (Wildman–Crippen LogP) is 1.68. The van der Waals surface area contributed by atoms with Crippen LogP contribution in [0, 0.1) is 11.8 Å². The number of amides is 2. The van der Waals surface area contributed by atoms with Gasteiger partial charge in [0.15, 0.2) is 0 Å². The van der Waals surface area contributed by atoms with E-state index in [0.717, 1.165) is 13.1 Å². The van der Waals surface area contributed by atoms with Gasteiger partial charge in [-0.1, -0.05) is 12.8 Å². The summed E-state index contributed by atoms with van der Waals surface area (Å²) >= 11 is 0. The molecule has 1 aliphatic heterocycles. The molecule has 102 valence electrons. The van der Waals surface area contributed by atoms with Gasteiger partial charge in [-0.25, -0.2) is 4.79 Å². The van der Waals surface area contributed by atoms with E-state index in [2.05, 4.69) is 5.32 Å². The highest BCUT2D eigenvalue weighted by Gasteiger charge is 2.36. The number of carbonyl (C=O) groups excluding carboxylic acids is 1. The van der Waals surface area contributed by atoms with Gasteiger partial charge in [0.25, 0.3) is 0 Å². The average molecular weight is 254 g/mol. The number of carboxylic acids is 1. The Morgan fingerprint density at radius 1 is 1.17 bits per heavy atom. The Morgan fingerprint density at radius 2 is 1.78 bits per heavy atom. The topological polar surface area (TPSA) is 69.6 Å². The van der Waals surface area contributed by atoms with Crippen molar-refractivity contribution in [3.8, 4) is 0 Å². The first-order valence-electron chi connectivity index (χ1n) is 6.91. The van der Waals surface area contributed by atoms with Crippen molar-refractivity contribution in [3.05, 3.63) is 0 Å². The van der Waals surface area contributed by atoms with Crippen LogP contribution in [0.5, 0.6) is 0 Å². The normalized spacial score (nSPS) is 26.8. The van der Waals surface area contributed by atoms with Gasteiger partial charge in [-0.15, -0.1) is 0 Å². The Bertz CT molecular complexity index is 305. The summed E-state index contributed by atoms with van der Waals surface area (Å²) in [6.07, 6.45) is 5.73. The van der Waals surface area contributed by atoms with Crippen molar-refractivity contribution in [3.63, 3.8) is 0 Å². The van der Waals surface area contributed by atoms with Gasteiger partial charge in [-0.05, 0) is 31.1 Å². The molecule has 2 fully saturated rings. The molecule has 0 unspecified atom stereocenters. The summed E-state index contributed by atoms with van der Waals surface area (Å²) in [5.74, 6) is 0.587. The smallest absolute Gasteiger partial charge is 0.317 e. The highest BCUT2D eigenvalue weighted by Crippen LogP contribution is 2.35. The number of carbonyl (C=O) groups is 2. The molecule has 1 aliphatic carbocycles. The molecule has 5 heteroatoms. The van der Waals surface area contributed by atoms with Crippen LogP contribution in [0.1, 0.15) is 38.5 Å². The molecular formula is C13H22N2O3. The van der Waals surface area contributed by atoms with Gasteiger partial charge in [0.05, 0.1) is 0 Å². The summed E-state index contributed by atoms with van der Waals surface area (Å²) < 4.78 is 0. The molecule has 0 aromatic carbocycles. The minimum atomic E-state index is -0.809. The summed E-state index contributed by atoms with van der Waals surface area (Å²) in [5.41, 5.74) is 0. The first-order valence-corrected chi connectivity index (χ1v) is 6.91. The van der Waals surface area contributed by atoms with E-state index in [9.17, 15) is 9.59 Å². The van der Waals surface area contributed by atoms with E-state index >= 15 is 0 Å². The van der Waals surface area contributed by atoms with Crippen LogP contribution in [-0.4, -0.2) is 41.6 Å². The number of fused-ring (bicyclic) bond motifs is 1. The van der Waals surface area contributed by atoms with E-state index in [1.54, 1.807) is 0 Å². The first kappa shape index (κ1) is 13.2. The third-order valence-corrected chi connectivity index (χ3v) is 4.11. The zero-order valence-electron chi connectivity index (χ0n) is 10.7. The van der Waals surface area contributed by atoms with Gasteiger partial charge in [0.1, 0.15) is 0 Å². The summed E-state index contributed by atoms with van der Waals surface area (Å²) in [4.78, 5) is 24.2. The highest BCUT2D eigenvalue weighted by atomic mass is 16.4. The number of rotatable bonds is 4. The Hall–Kier alpha value is -1.26. The second kappa shape index (κ2) is 6.07. The van der Waals surface area contributed by atoms with Gasteiger partial charge in [0.2, 0.25) is 0 Å². The summed E-state index contributed by atoms with van der Waals surface area (Å²) in [5, 5.41) is 11.3. The van der Waals surface area contributed by atoms with Gasteiger partial charge in [-0.3, -0.25) is 4.79 Å². The largest absolute Gasteiger partial charge is 0.481 e. The third-order valence-electron chi connectivity index (χ3n) is 4.11. The third kappa shape index (κ3) is 3.37. The fraction of sp³-hybridized carbons (Fsp3) is 0.846. The van der Waals surface area contributed by atoms with E-state index in [-0.39, 0.29) is 12.5 Å². The fourth-order valence-electron chi connectivity index (χ4n) is 3.12. The van der Waals surface area contributed by atoms with Gasteiger partial charge in [0, 0.05) is 26.1 Å². The SMILES string of the molecule is O=C(O)CCCNC(=O)N1C[C@H]2CCCC[C@H]2C1. The maximum atomic E-state index is 11.9. The second-order valence-electron chi connectivity index (χ2n) is 5.44. The molecular weight excluding hydrogens is 232 g/mol. The van der Waals surface area contributed by atoms with Crippen molar-refractivity contribution < 1.29 is 14.7 Å². The molecule has 2 aliphatic rings. The van der Waals surface area contributed by atoms with Gasteiger partial charge in [-0.2, -0.15) is 0 Å². The quantitative estimate of drug-likeness (QED) is 0.750. The summed E-state index contributed by atoms with van der Waals surface area (Å²) in [6.45, 7) is 2.22. The minimum Gasteiger partial charge on any atom is -0.481 e. The second-order valence-corrected chi connectivity index (χ2v) is 5.44. The molecule has 0 spiro atoms. The Balaban J connectivity index is 1.68. The number of nitrogens with one attached hydrogen (secondary N) is 1. The average Bonchev–Trinajstić information content (AvgIpc) is 2.78. The minimum absolute atomic E-state index is 0.0187. The number of hydrogen-bond donors (Lipinski definition) is 2. The molecule has 2 amide bonds. The Morgan fingerprint density at radius 3 is 2.33 bits per heavy atom. The molecule has 2 atom stereocenters. The van der Waals surface area contributed by atoms with Crippen LogP contribution in [0.25, 0.3) is 0 Å². The predicted molar refractivity (Wildman–Crippen MR) is 67.3 cm³/mol. The van der Waals surface area contributed by atoms with Crippen LogP contribution in [0.2, 0.25) is 0 Å². The lowest BCUT2D eigenvalue weighted by Crippen LogP contribution is -2.39. The van der Waals surface area contributed by atoms with Crippen molar-refractivity contribution in [1.82, 2.24) is 10.2 Å². The molecule has 0 bridgehead atoms. The lowest BCUT2D eigenvalue weighted by molar-refractivity contribution is -0.137. The van der Waals surface area contributed by atoms with Crippen molar-refractivity contribution >= 4 is 12.0 Å². The van der Waals surface area contributed by atoms with E-state index in [4.69, 9.17) is 5.11 Å². The van der Waals surface area contributed by atoms with Crippen molar-refractivity contribution in [2.45, 2.75) is 38.5 Å². The van der Waals surface area contributed by atoms with Crippen LogP contribution in [0.15, 0.2) is 0 Å². The number of carboxylic acid groups (broad SMARTS) is 1. The van der Waals surface area contributed by atoms with Crippen LogP contribution >= 0.6 is 0 Å². The number of urea groups is 1. The number of likely N-dealkylation sites (tertiary alicyclic amines) is 1. The van der Waals surface area contributed by atoms with Crippen molar-refractivity contribution in [2.24, 2.45) is 11.8 Å². The number of hydrogen-bond acceptors (Lipinski definition) is 2. The maximum Gasteiger partial charge on any atom is 0.317 e. The molecule has 1 heterocycles. The zero-order chi connectivity index (χ0) is 13.0. The lowest BCUT2D eigenvalue weighted by atomic mass is 9.82. The molecule has 2 N–H and O–H groups in total. The first-order chi connectivity index (χ1) is 8.66. The molecule has 1 saturated carbocycles. The number of aliphatic carboxylic acids is 1. The maximum absolute atomic E-state index is 11.9. The van der Waals surface area contributed by atoms with Crippen LogP contribution in [0.3, 0.4) is 0 Å². The van der Waals surface area contributed by atoms with E-state index in [1.807, 2.05) is 4.90 Å². The molecule has 18 heavy (non-hydrogen) atoms. The molecule has 1 saturated heterocycles. The summed E-state index contributed by atoms with van der Waals surface area (Å²) in [6, 6.07) is -0.0187. The zero-order valence-corrected chi connectivity index (χ0v) is 10.7. The van der Waals surface area contributed by atoms with E-state index in [0.29, 0.717) is 24.8 Å².